The lowest BCUT2D eigenvalue weighted by Gasteiger charge is -2.14. The summed E-state index contributed by atoms with van der Waals surface area (Å²) >= 11 is 0. The largest absolute Gasteiger partial charge is 0.317 e. The summed E-state index contributed by atoms with van der Waals surface area (Å²) < 4.78 is 1.99. The van der Waals surface area contributed by atoms with Crippen LogP contribution in [0.3, 0.4) is 0 Å². The van der Waals surface area contributed by atoms with Crippen LogP contribution in [0.15, 0.2) is 6.33 Å². The maximum atomic E-state index is 4.30. The Balaban J connectivity index is 1.74. The van der Waals surface area contributed by atoms with Gasteiger partial charge in [0, 0.05) is 19.0 Å². The van der Waals surface area contributed by atoms with E-state index in [1.807, 2.05) is 4.68 Å². The number of hydrogen-bond acceptors (Lipinski definition) is 3. The van der Waals surface area contributed by atoms with E-state index < -0.39 is 0 Å². The van der Waals surface area contributed by atoms with Gasteiger partial charge in [0.25, 0.3) is 0 Å². The first-order valence-electron chi connectivity index (χ1n) is 6.39. The van der Waals surface area contributed by atoms with Gasteiger partial charge in [0.2, 0.25) is 0 Å². The van der Waals surface area contributed by atoms with Gasteiger partial charge in [-0.2, -0.15) is 5.10 Å². The average Bonchev–Trinajstić information content (AvgIpc) is 3.04. The molecule has 1 aliphatic rings. The Morgan fingerprint density at radius 2 is 2.38 bits per heavy atom. The van der Waals surface area contributed by atoms with Crippen LogP contribution >= 0.6 is 0 Å². The number of nitrogens with one attached hydrogen (secondary N) is 1. The third kappa shape index (κ3) is 2.82. The molecule has 16 heavy (non-hydrogen) atoms. The van der Waals surface area contributed by atoms with E-state index in [4.69, 9.17) is 0 Å². The molecule has 1 unspecified atom stereocenters. The van der Waals surface area contributed by atoms with Crippen molar-refractivity contribution in [3.05, 3.63) is 12.2 Å². The Hall–Kier alpha value is -0.900. The maximum Gasteiger partial charge on any atom is 0.138 e. The van der Waals surface area contributed by atoms with Crippen LogP contribution in [0.2, 0.25) is 0 Å². The van der Waals surface area contributed by atoms with Gasteiger partial charge in [-0.3, -0.25) is 4.68 Å². The van der Waals surface area contributed by atoms with E-state index in [0.717, 1.165) is 30.7 Å². The molecule has 0 saturated heterocycles. The van der Waals surface area contributed by atoms with Gasteiger partial charge in [0.1, 0.15) is 12.2 Å². The quantitative estimate of drug-likeness (QED) is 0.762. The molecular weight excluding hydrogens is 200 g/mol. The predicted molar refractivity (Wildman–Crippen MR) is 64.2 cm³/mol. The van der Waals surface area contributed by atoms with Crippen molar-refractivity contribution >= 4 is 0 Å². The van der Waals surface area contributed by atoms with Crippen molar-refractivity contribution in [2.75, 3.05) is 7.05 Å². The van der Waals surface area contributed by atoms with Gasteiger partial charge in [-0.1, -0.05) is 0 Å². The van der Waals surface area contributed by atoms with Gasteiger partial charge in [0.05, 0.1) is 0 Å². The Morgan fingerprint density at radius 1 is 1.56 bits per heavy atom. The van der Waals surface area contributed by atoms with Gasteiger partial charge >= 0.3 is 0 Å². The van der Waals surface area contributed by atoms with E-state index in [1.165, 1.54) is 25.7 Å². The normalized spacial score (nSPS) is 17.6. The summed E-state index contributed by atoms with van der Waals surface area (Å²) in [5.74, 6) is 2.07. The molecule has 1 atom stereocenters. The van der Waals surface area contributed by atoms with Crippen LogP contribution in [0.5, 0.6) is 0 Å². The lowest BCUT2D eigenvalue weighted by molar-refractivity contribution is 0.450. The summed E-state index contributed by atoms with van der Waals surface area (Å²) in [7, 11) is 2.08. The van der Waals surface area contributed by atoms with E-state index in [-0.39, 0.29) is 0 Å². The topological polar surface area (TPSA) is 42.7 Å². The first-order valence-corrected chi connectivity index (χ1v) is 6.39. The van der Waals surface area contributed by atoms with Crippen molar-refractivity contribution in [3.8, 4) is 0 Å². The van der Waals surface area contributed by atoms with Gasteiger partial charge in [-0.05, 0) is 45.6 Å². The number of rotatable bonds is 7. The van der Waals surface area contributed by atoms with Crippen molar-refractivity contribution in [3.63, 3.8) is 0 Å². The molecule has 1 aromatic rings. The molecule has 0 spiro atoms. The SMILES string of the molecule is CCn1ncnc1CCCC(NC)C1CC1. The third-order valence-electron chi connectivity index (χ3n) is 3.47. The number of aryl methyl sites for hydroxylation is 2. The predicted octanol–water partition coefficient (Wildman–Crippen LogP) is 1.62. The third-order valence-corrected chi connectivity index (χ3v) is 3.47. The Morgan fingerprint density at radius 3 is 3.00 bits per heavy atom. The van der Waals surface area contributed by atoms with Crippen molar-refractivity contribution in [1.29, 1.82) is 0 Å². The van der Waals surface area contributed by atoms with Crippen molar-refractivity contribution < 1.29 is 0 Å². The number of nitrogens with zero attached hydrogens (tertiary/aromatic N) is 3. The monoisotopic (exact) mass is 222 g/mol. The van der Waals surface area contributed by atoms with Crippen LogP contribution in [-0.4, -0.2) is 27.9 Å². The summed E-state index contributed by atoms with van der Waals surface area (Å²) in [6, 6.07) is 0.720. The van der Waals surface area contributed by atoms with E-state index in [0.29, 0.717) is 0 Å². The summed E-state index contributed by atoms with van der Waals surface area (Å²) in [5.41, 5.74) is 0. The Labute approximate surface area is 97.5 Å². The first-order chi connectivity index (χ1) is 7.85. The standard InChI is InChI=1S/C12H22N4/c1-3-16-12(14-9-15-16)6-4-5-11(13-2)10-7-8-10/h9-11,13H,3-8H2,1-2H3. The van der Waals surface area contributed by atoms with Gasteiger partial charge in [-0.25, -0.2) is 4.98 Å². The molecule has 0 bridgehead atoms. The van der Waals surface area contributed by atoms with Gasteiger partial charge in [-0.15, -0.1) is 0 Å². The molecule has 0 aromatic carbocycles. The van der Waals surface area contributed by atoms with Crippen molar-refractivity contribution in [1.82, 2.24) is 20.1 Å². The van der Waals surface area contributed by atoms with Gasteiger partial charge < -0.3 is 5.32 Å². The molecule has 1 heterocycles. The second-order valence-electron chi connectivity index (χ2n) is 4.62. The van der Waals surface area contributed by atoms with Crippen LogP contribution in [0.1, 0.15) is 38.4 Å². The molecule has 90 valence electrons. The minimum atomic E-state index is 0.720. The molecule has 1 saturated carbocycles. The summed E-state index contributed by atoms with van der Waals surface area (Å²) in [6.45, 7) is 3.03. The smallest absolute Gasteiger partial charge is 0.138 e. The van der Waals surface area contributed by atoms with Gasteiger partial charge in [0.15, 0.2) is 0 Å². The molecule has 4 heteroatoms. The molecule has 4 nitrogen and oxygen atoms in total. The average molecular weight is 222 g/mol. The summed E-state index contributed by atoms with van der Waals surface area (Å²) in [6.07, 6.45) is 8.01. The highest BCUT2D eigenvalue weighted by Crippen LogP contribution is 2.34. The fraction of sp³-hybridized carbons (Fsp3) is 0.833. The molecule has 0 radical (unpaired) electrons. The molecule has 1 aromatic heterocycles. The molecule has 1 fully saturated rings. The van der Waals surface area contributed by atoms with Crippen molar-refractivity contribution in [2.24, 2.45) is 5.92 Å². The lowest BCUT2D eigenvalue weighted by Crippen LogP contribution is -2.27. The summed E-state index contributed by atoms with van der Waals surface area (Å²) in [5, 5.41) is 7.62. The minimum absolute atomic E-state index is 0.720. The highest BCUT2D eigenvalue weighted by Gasteiger charge is 2.29. The Kier molecular flexibility index (Phi) is 3.93. The highest BCUT2D eigenvalue weighted by atomic mass is 15.3. The molecule has 0 amide bonds. The van der Waals surface area contributed by atoms with E-state index in [2.05, 4.69) is 29.4 Å². The van der Waals surface area contributed by atoms with Crippen LogP contribution < -0.4 is 5.32 Å². The molecule has 2 rings (SSSR count). The zero-order chi connectivity index (χ0) is 11.4. The second kappa shape index (κ2) is 5.43. The number of aromatic nitrogens is 3. The second-order valence-corrected chi connectivity index (χ2v) is 4.62. The minimum Gasteiger partial charge on any atom is -0.317 e. The van der Waals surface area contributed by atoms with E-state index in [1.54, 1.807) is 6.33 Å². The molecular formula is C12H22N4. The maximum absolute atomic E-state index is 4.30. The number of hydrogen-bond donors (Lipinski definition) is 1. The first kappa shape index (κ1) is 11.6. The molecule has 0 aliphatic heterocycles. The molecule has 1 aliphatic carbocycles. The van der Waals surface area contributed by atoms with Crippen LogP contribution in [0.25, 0.3) is 0 Å². The Bertz CT molecular complexity index is 317. The van der Waals surface area contributed by atoms with Crippen LogP contribution in [-0.2, 0) is 13.0 Å². The fourth-order valence-corrected chi connectivity index (χ4v) is 2.34. The van der Waals surface area contributed by atoms with Crippen LogP contribution in [0, 0.1) is 5.92 Å². The van der Waals surface area contributed by atoms with E-state index in [9.17, 15) is 0 Å². The molecule has 1 N–H and O–H groups in total. The van der Waals surface area contributed by atoms with Crippen LogP contribution in [0.4, 0.5) is 0 Å². The zero-order valence-electron chi connectivity index (χ0n) is 10.3. The fourth-order valence-electron chi connectivity index (χ4n) is 2.34. The zero-order valence-corrected chi connectivity index (χ0v) is 10.3. The summed E-state index contributed by atoms with van der Waals surface area (Å²) in [4.78, 5) is 4.30. The lowest BCUT2D eigenvalue weighted by atomic mass is 10.1. The van der Waals surface area contributed by atoms with Crippen molar-refractivity contribution in [2.45, 2.75) is 51.6 Å². The van der Waals surface area contributed by atoms with E-state index >= 15 is 0 Å². The highest BCUT2D eigenvalue weighted by molar-refractivity contribution is 4.88.